The van der Waals surface area contributed by atoms with E-state index in [4.69, 9.17) is 4.74 Å². The number of ether oxygens (including phenoxy) is 1. The summed E-state index contributed by atoms with van der Waals surface area (Å²) < 4.78 is 5.78. The van der Waals surface area contributed by atoms with E-state index in [1.807, 2.05) is 0 Å². The summed E-state index contributed by atoms with van der Waals surface area (Å²) in [4.78, 5) is 0. The van der Waals surface area contributed by atoms with Gasteiger partial charge in [-0.2, -0.15) is 0 Å². The van der Waals surface area contributed by atoms with Crippen LogP contribution in [0.3, 0.4) is 0 Å². The molecule has 0 aromatic heterocycles. The highest BCUT2D eigenvalue weighted by Gasteiger charge is 2.40. The van der Waals surface area contributed by atoms with Crippen LogP contribution in [0.1, 0.15) is 63.0 Å². The molecule has 1 aliphatic heterocycles. The Morgan fingerprint density at radius 2 is 1.74 bits per heavy atom. The van der Waals surface area contributed by atoms with Crippen LogP contribution in [0.25, 0.3) is 0 Å². The maximum absolute atomic E-state index is 11.2. The Bertz CT molecular complexity index is 440. The quantitative estimate of drug-likeness (QED) is 0.878. The first-order valence-corrected chi connectivity index (χ1v) is 7.56. The molecule has 1 heterocycles. The summed E-state index contributed by atoms with van der Waals surface area (Å²) in [7, 11) is 0. The van der Waals surface area contributed by atoms with Crippen molar-refractivity contribution in [1.82, 2.24) is 0 Å². The molecule has 1 saturated heterocycles. The van der Waals surface area contributed by atoms with Gasteiger partial charge in [-0.05, 0) is 43.7 Å². The van der Waals surface area contributed by atoms with E-state index in [0.29, 0.717) is 18.8 Å². The second-order valence-corrected chi connectivity index (χ2v) is 6.41. The summed E-state index contributed by atoms with van der Waals surface area (Å²) in [5.41, 5.74) is 1.82. The van der Waals surface area contributed by atoms with Gasteiger partial charge in [-0.25, -0.2) is 0 Å². The summed E-state index contributed by atoms with van der Waals surface area (Å²) in [6.45, 7) is 4.12. The zero-order chi connectivity index (χ0) is 13.5. The molecule has 104 valence electrons. The molecule has 2 aliphatic rings. The molecule has 1 saturated carbocycles. The average molecular weight is 260 g/mol. The van der Waals surface area contributed by atoms with Crippen LogP contribution in [-0.4, -0.2) is 17.3 Å². The van der Waals surface area contributed by atoms with Gasteiger partial charge in [0.2, 0.25) is 0 Å². The van der Waals surface area contributed by atoms with Crippen molar-refractivity contribution in [2.75, 3.05) is 0 Å². The highest BCUT2D eigenvalue weighted by Crippen LogP contribution is 2.45. The molecule has 0 spiro atoms. The molecule has 3 rings (SSSR count). The second-order valence-electron chi connectivity index (χ2n) is 6.41. The van der Waals surface area contributed by atoms with Crippen LogP contribution in [0.2, 0.25) is 0 Å². The van der Waals surface area contributed by atoms with Crippen LogP contribution in [-0.2, 0) is 10.3 Å². The zero-order valence-corrected chi connectivity index (χ0v) is 11.9. The molecule has 0 amide bonds. The number of hydrogen-bond donors (Lipinski definition) is 1. The van der Waals surface area contributed by atoms with Crippen LogP contribution in [0.5, 0.6) is 0 Å². The van der Waals surface area contributed by atoms with Gasteiger partial charge >= 0.3 is 0 Å². The molecule has 2 nitrogen and oxygen atoms in total. The molecule has 1 N–H and O–H groups in total. The smallest absolute Gasteiger partial charge is 0.0948 e. The van der Waals surface area contributed by atoms with Crippen molar-refractivity contribution in [3.8, 4) is 0 Å². The fourth-order valence-corrected chi connectivity index (χ4v) is 3.74. The lowest BCUT2D eigenvalue weighted by Crippen LogP contribution is -2.42. The normalized spacial score (nSPS) is 35.9. The number of hydrogen-bond acceptors (Lipinski definition) is 2. The van der Waals surface area contributed by atoms with Crippen LogP contribution in [0.4, 0.5) is 0 Å². The molecule has 2 atom stereocenters. The summed E-state index contributed by atoms with van der Waals surface area (Å²) >= 11 is 0. The van der Waals surface area contributed by atoms with Crippen LogP contribution < -0.4 is 0 Å². The Balaban J connectivity index is 1.95. The predicted molar refractivity (Wildman–Crippen MR) is 76.2 cm³/mol. The topological polar surface area (TPSA) is 29.5 Å². The van der Waals surface area contributed by atoms with E-state index >= 15 is 0 Å². The van der Waals surface area contributed by atoms with Gasteiger partial charge in [0.25, 0.3) is 0 Å². The van der Waals surface area contributed by atoms with Gasteiger partial charge in [0.15, 0.2) is 0 Å². The molecule has 0 bridgehead atoms. The van der Waals surface area contributed by atoms with Crippen molar-refractivity contribution in [2.24, 2.45) is 0 Å². The number of benzene rings is 1. The third-order valence-corrected chi connectivity index (χ3v) is 4.72. The molecule has 19 heavy (non-hydrogen) atoms. The number of aliphatic hydroxyl groups is 1. The van der Waals surface area contributed by atoms with Gasteiger partial charge in [-0.3, -0.25) is 0 Å². The molecule has 2 unspecified atom stereocenters. The van der Waals surface area contributed by atoms with Crippen LogP contribution in [0.15, 0.2) is 24.3 Å². The molecule has 1 aromatic rings. The van der Waals surface area contributed by atoms with E-state index in [-0.39, 0.29) is 12.2 Å². The Morgan fingerprint density at radius 1 is 1.11 bits per heavy atom. The molecule has 1 aromatic carbocycles. The third kappa shape index (κ3) is 2.44. The molecule has 1 aliphatic carbocycles. The second kappa shape index (κ2) is 4.92. The monoisotopic (exact) mass is 260 g/mol. The SMILES string of the molecule is CC1CC(O)(c2ccccc2C2CCC2)CC(C)O1. The predicted octanol–water partition coefficient (Wildman–Crippen LogP) is 3.73. The maximum atomic E-state index is 11.2. The largest absolute Gasteiger partial charge is 0.385 e. The minimum atomic E-state index is -0.705. The van der Waals surface area contributed by atoms with Crippen molar-refractivity contribution in [3.05, 3.63) is 35.4 Å². The third-order valence-electron chi connectivity index (χ3n) is 4.72. The summed E-state index contributed by atoms with van der Waals surface area (Å²) in [5.74, 6) is 0.661. The van der Waals surface area contributed by atoms with E-state index in [0.717, 1.165) is 5.56 Å². The molecule has 0 radical (unpaired) electrons. The average Bonchev–Trinajstić information content (AvgIpc) is 2.25. The van der Waals surface area contributed by atoms with Crippen molar-refractivity contribution in [3.63, 3.8) is 0 Å². The van der Waals surface area contributed by atoms with E-state index in [9.17, 15) is 5.11 Å². The Hall–Kier alpha value is -0.860. The van der Waals surface area contributed by atoms with Crippen LogP contribution in [0, 0.1) is 0 Å². The summed E-state index contributed by atoms with van der Waals surface area (Å²) in [5, 5.41) is 11.2. The van der Waals surface area contributed by atoms with Gasteiger partial charge in [-0.15, -0.1) is 0 Å². The molecule has 2 fully saturated rings. The number of rotatable bonds is 2. The highest BCUT2D eigenvalue weighted by molar-refractivity contribution is 5.36. The maximum Gasteiger partial charge on any atom is 0.0948 e. The zero-order valence-electron chi connectivity index (χ0n) is 11.9. The lowest BCUT2D eigenvalue weighted by molar-refractivity contribution is -0.136. The lowest BCUT2D eigenvalue weighted by atomic mass is 9.72. The summed E-state index contributed by atoms with van der Waals surface area (Å²) in [6, 6.07) is 8.49. The van der Waals surface area contributed by atoms with Crippen molar-refractivity contribution in [1.29, 1.82) is 0 Å². The first-order chi connectivity index (χ1) is 9.08. The Labute approximate surface area is 115 Å². The fraction of sp³-hybridized carbons (Fsp3) is 0.647. The van der Waals surface area contributed by atoms with E-state index in [1.165, 1.54) is 24.8 Å². The van der Waals surface area contributed by atoms with Crippen molar-refractivity contribution in [2.45, 2.75) is 69.7 Å². The van der Waals surface area contributed by atoms with Gasteiger partial charge in [0.1, 0.15) is 0 Å². The minimum Gasteiger partial charge on any atom is -0.385 e. The van der Waals surface area contributed by atoms with E-state index < -0.39 is 5.60 Å². The van der Waals surface area contributed by atoms with Crippen molar-refractivity contribution < 1.29 is 9.84 Å². The van der Waals surface area contributed by atoms with Gasteiger partial charge in [0.05, 0.1) is 17.8 Å². The molecular formula is C17H24O2. The Morgan fingerprint density at radius 3 is 2.32 bits per heavy atom. The molecule has 2 heteroatoms. The first-order valence-electron chi connectivity index (χ1n) is 7.56. The highest BCUT2D eigenvalue weighted by atomic mass is 16.5. The van der Waals surface area contributed by atoms with E-state index in [1.54, 1.807) is 0 Å². The summed E-state index contributed by atoms with van der Waals surface area (Å²) in [6.07, 6.45) is 5.55. The van der Waals surface area contributed by atoms with Gasteiger partial charge < -0.3 is 9.84 Å². The standard InChI is InChI=1S/C17H24O2/c1-12-10-17(18,11-13(2)19-12)16-9-4-3-8-15(16)14-6-5-7-14/h3-4,8-9,12-14,18H,5-7,10-11H2,1-2H3. The Kier molecular flexibility index (Phi) is 3.40. The van der Waals surface area contributed by atoms with Gasteiger partial charge in [0, 0.05) is 12.8 Å². The minimum absolute atomic E-state index is 0.128. The van der Waals surface area contributed by atoms with Crippen LogP contribution >= 0.6 is 0 Å². The molecular weight excluding hydrogens is 236 g/mol. The lowest BCUT2D eigenvalue weighted by Gasteiger charge is -2.42. The van der Waals surface area contributed by atoms with Gasteiger partial charge in [-0.1, -0.05) is 30.7 Å². The first kappa shape index (κ1) is 13.1. The van der Waals surface area contributed by atoms with Crippen molar-refractivity contribution >= 4 is 0 Å². The fourth-order valence-electron chi connectivity index (χ4n) is 3.74. The van der Waals surface area contributed by atoms with E-state index in [2.05, 4.69) is 38.1 Å².